The average molecular weight is 268 g/mol. The van der Waals surface area contributed by atoms with Gasteiger partial charge in [-0.2, -0.15) is 13.2 Å². The van der Waals surface area contributed by atoms with Crippen LogP contribution >= 0.6 is 0 Å². The van der Waals surface area contributed by atoms with Crippen LogP contribution in [0.4, 0.5) is 13.2 Å². The highest BCUT2D eigenvalue weighted by Crippen LogP contribution is 2.14. The van der Waals surface area contributed by atoms with Gasteiger partial charge in [-0.1, -0.05) is 6.92 Å². The second-order valence-electron chi connectivity index (χ2n) is 4.73. The average Bonchev–Trinajstić information content (AvgIpc) is 2.52. The highest BCUT2D eigenvalue weighted by Gasteiger charge is 2.27. The Morgan fingerprint density at radius 1 is 1.39 bits per heavy atom. The van der Waals surface area contributed by atoms with Crippen molar-refractivity contribution in [1.29, 1.82) is 0 Å². The zero-order chi connectivity index (χ0) is 13.4. The molecule has 0 amide bonds. The Balaban J connectivity index is 2.10. The van der Waals surface area contributed by atoms with Crippen molar-refractivity contribution in [3.8, 4) is 0 Å². The van der Waals surface area contributed by atoms with Crippen LogP contribution in [0.1, 0.15) is 26.2 Å². The quantitative estimate of drug-likeness (QED) is 0.746. The lowest BCUT2D eigenvalue weighted by molar-refractivity contribution is -0.174. The van der Waals surface area contributed by atoms with Crippen LogP contribution in [0.3, 0.4) is 0 Å². The summed E-state index contributed by atoms with van der Waals surface area (Å²) in [4.78, 5) is 2.31. The van der Waals surface area contributed by atoms with E-state index in [9.17, 15) is 13.2 Å². The molecule has 1 saturated heterocycles. The van der Waals surface area contributed by atoms with Gasteiger partial charge < -0.3 is 15.0 Å². The molecule has 6 heteroatoms. The topological polar surface area (TPSA) is 24.5 Å². The van der Waals surface area contributed by atoms with Crippen molar-refractivity contribution in [3.63, 3.8) is 0 Å². The number of ether oxygens (including phenoxy) is 1. The molecule has 1 unspecified atom stereocenters. The first kappa shape index (κ1) is 15.7. The smallest absolute Gasteiger partial charge is 0.372 e. The van der Waals surface area contributed by atoms with E-state index < -0.39 is 12.8 Å². The summed E-state index contributed by atoms with van der Waals surface area (Å²) in [5.74, 6) is 0. The lowest BCUT2D eigenvalue weighted by Gasteiger charge is -2.23. The fraction of sp³-hybridized carbons (Fsp3) is 1.00. The van der Waals surface area contributed by atoms with Crippen LogP contribution in [-0.4, -0.2) is 56.5 Å². The maximum absolute atomic E-state index is 11.8. The fourth-order valence-electron chi connectivity index (χ4n) is 2.13. The van der Waals surface area contributed by atoms with Crippen LogP contribution in [0, 0.1) is 0 Å². The third kappa shape index (κ3) is 7.18. The van der Waals surface area contributed by atoms with Gasteiger partial charge >= 0.3 is 6.18 Å². The van der Waals surface area contributed by atoms with Gasteiger partial charge in [0.2, 0.25) is 0 Å². The van der Waals surface area contributed by atoms with Gasteiger partial charge in [0.25, 0.3) is 0 Å². The van der Waals surface area contributed by atoms with Crippen LogP contribution in [0.15, 0.2) is 0 Å². The molecule has 1 heterocycles. The summed E-state index contributed by atoms with van der Waals surface area (Å²) >= 11 is 0. The van der Waals surface area contributed by atoms with Crippen molar-refractivity contribution in [2.24, 2.45) is 0 Å². The summed E-state index contributed by atoms with van der Waals surface area (Å²) in [6, 6.07) is 0.503. The van der Waals surface area contributed by atoms with E-state index in [1.165, 1.54) is 0 Å². The van der Waals surface area contributed by atoms with Crippen molar-refractivity contribution >= 4 is 0 Å². The van der Waals surface area contributed by atoms with Crippen molar-refractivity contribution in [2.75, 3.05) is 39.4 Å². The molecule has 0 radical (unpaired) electrons. The molecule has 0 aromatic rings. The number of rotatable bonds is 6. The molecule has 1 rings (SSSR count). The van der Waals surface area contributed by atoms with Crippen LogP contribution in [0.25, 0.3) is 0 Å². The number of nitrogens with one attached hydrogen (secondary N) is 1. The van der Waals surface area contributed by atoms with E-state index in [0.717, 1.165) is 39.0 Å². The minimum absolute atomic E-state index is 0.181. The standard InChI is InChI=1S/C12H23F3N2O/c1-2-11-9-17(6-3-5-16-11)7-4-8-18-10-12(13,14)15/h11,16H,2-10H2,1H3. The molecule has 18 heavy (non-hydrogen) atoms. The van der Waals surface area contributed by atoms with Gasteiger partial charge in [0, 0.05) is 25.7 Å². The van der Waals surface area contributed by atoms with Crippen molar-refractivity contribution in [1.82, 2.24) is 10.2 Å². The summed E-state index contributed by atoms with van der Waals surface area (Å²) in [5, 5.41) is 3.46. The van der Waals surface area contributed by atoms with E-state index >= 15 is 0 Å². The molecule has 0 spiro atoms. The van der Waals surface area contributed by atoms with Crippen LogP contribution in [-0.2, 0) is 4.74 Å². The predicted molar refractivity (Wildman–Crippen MR) is 64.6 cm³/mol. The van der Waals surface area contributed by atoms with Crippen LogP contribution in [0.5, 0.6) is 0 Å². The second-order valence-corrected chi connectivity index (χ2v) is 4.73. The molecule has 0 aromatic carbocycles. The minimum Gasteiger partial charge on any atom is -0.372 e. The molecule has 1 N–H and O–H groups in total. The van der Waals surface area contributed by atoms with E-state index in [2.05, 4.69) is 21.9 Å². The number of nitrogens with zero attached hydrogens (tertiary/aromatic N) is 1. The van der Waals surface area contributed by atoms with Gasteiger partial charge in [0.1, 0.15) is 6.61 Å². The summed E-state index contributed by atoms with van der Waals surface area (Å²) in [7, 11) is 0. The van der Waals surface area contributed by atoms with Crippen LogP contribution in [0.2, 0.25) is 0 Å². The van der Waals surface area contributed by atoms with Gasteiger partial charge in [-0.15, -0.1) is 0 Å². The van der Waals surface area contributed by atoms with Gasteiger partial charge in [-0.25, -0.2) is 0 Å². The third-order valence-electron chi connectivity index (χ3n) is 3.08. The number of halogens is 3. The molecular weight excluding hydrogens is 245 g/mol. The first-order chi connectivity index (χ1) is 8.51. The molecule has 0 aliphatic carbocycles. The maximum atomic E-state index is 11.8. The summed E-state index contributed by atoms with van der Waals surface area (Å²) in [5.41, 5.74) is 0. The first-order valence-corrected chi connectivity index (χ1v) is 6.61. The lowest BCUT2D eigenvalue weighted by atomic mass is 10.2. The van der Waals surface area contributed by atoms with Gasteiger partial charge in [0.15, 0.2) is 0 Å². The van der Waals surface area contributed by atoms with Crippen LogP contribution < -0.4 is 5.32 Å². The number of hydrogen-bond donors (Lipinski definition) is 1. The van der Waals surface area contributed by atoms with Crippen molar-refractivity contribution < 1.29 is 17.9 Å². The number of hydrogen-bond acceptors (Lipinski definition) is 3. The van der Waals surface area contributed by atoms with Gasteiger partial charge in [-0.05, 0) is 32.4 Å². The van der Waals surface area contributed by atoms with E-state index in [0.29, 0.717) is 12.5 Å². The SMILES string of the molecule is CCC1CN(CCCOCC(F)(F)F)CCCN1. The molecule has 0 aromatic heterocycles. The Morgan fingerprint density at radius 3 is 2.83 bits per heavy atom. The molecule has 1 fully saturated rings. The third-order valence-corrected chi connectivity index (χ3v) is 3.08. The molecule has 0 saturated carbocycles. The Kier molecular flexibility index (Phi) is 6.96. The minimum atomic E-state index is -4.21. The summed E-state index contributed by atoms with van der Waals surface area (Å²) < 4.78 is 40.1. The molecule has 3 nitrogen and oxygen atoms in total. The normalized spacial score (nSPS) is 23.0. The lowest BCUT2D eigenvalue weighted by Crippen LogP contribution is -2.37. The first-order valence-electron chi connectivity index (χ1n) is 6.61. The zero-order valence-corrected chi connectivity index (χ0v) is 10.9. The Labute approximate surface area is 107 Å². The van der Waals surface area contributed by atoms with E-state index in [1.54, 1.807) is 0 Å². The largest absolute Gasteiger partial charge is 0.411 e. The highest BCUT2D eigenvalue weighted by molar-refractivity contribution is 4.75. The Bertz CT molecular complexity index is 224. The van der Waals surface area contributed by atoms with E-state index in [1.807, 2.05) is 0 Å². The Morgan fingerprint density at radius 2 is 2.17 bits per heavy atom. The fourth-order valence-corrected chi connectivity index (χ4v) is 2.13. The molecule has 1 aliphatic heterocycles. The summed E-state index contributed by atoms with van der Waals surface area (Å²) in [6.07, 6.45) is -1.37. The molecule has 108 valence electrons. The Hall–Kier alpha value is -0.330. The van der Waals surface area contributed by atoms with E-state index in [4.69, 9.17) is 0 Å². The molecule has 0 bridgehead atoms. The molecule has 1 aliphatic rings. The number of alkyl halides is 3. The zero-order valence-electron chi connectivity index (χ0n) is 10.9. The van der Waals surface area contributed by atoms with Gasteiger partial charge in [-0.3, -0.25) is 0 Å². The predicted octanol–water partition coefficient (Wildman–Crippen LogP) is 2.03. The summed E-state index contributed by atoms with van der Waals surface area (Å²) in [6.45, 7) is 5.04. The van der Waals surface area contributed by atoms with E-state index in [-0.39, 0.29) is 6.61 Å². The highest BCUT2D eigenvalue weighted by atomic mass is 19.4. The van der Waals surface area contributed by atoms with Crippen molar-refractivity contribution in [2.45, 2.75) is 38.4 Å². The van der Waals surface area contributed by atoms with Crippen molar-refractivity contribution in [3.05, 3.63) is 0 Å². The maximum Gasteiger partial charge on any atom is 0.411 e. The second kappa shape index (κ2) is 7.96. The van der Waals surface area contributed by atoms with Gasteiger partial charge in [0.05, 0.1) is 0 Å². The molecular formula is C12H23F3N2O. The molecule has 1 atom stereocenters. The monoisotopic (exact) mass is 268 g/mol.